The lowest BCUT2D eigenvalue weighted by Crippen LogP contribution is -2.48. The molecule has 2 atom stereocenters. The predicted molar refractivity (Wildman–Crippen MR) is 71.9 cm³/mol. The van der Waals surface area contributed by atoms with Crippen LogP contribution in [0.2, 0.25) is 0 Å². The Balaban J connectivity index is 2.75. The van der Waals surface area contributed by atoms with E-state index in [2.05, 4.69) is 0 Å². The van der Waals surface area contributed by atoms with E-state index in [0.717, 1.165) is 38.5 Å². The quantitative estimate of drug-likeness (QED) is 0.818. The van der Waals surface area contributed by atoms with Crippen LogP contribution in [-0.4, -0.2) is 28.8 Å². The first-order valence-electron chi connectivity index (χ1n) is 7.20. The largest absolute Gasteiger partial charge is 0.328 e. The number of nitrogens with zero attached hydrogens (tertiary/aromatic N) is 1. The molecule has 2 unspecified atom stereocenters. The monoisotopic (exact) mass is 254 g/mol. The Morgan fingerprint density at radius 1 is 1.11 bits per heavy atom. The summed E-state index contributed by atoms with van der Waals surface area (Å²) < 4.78 is 0. The first-order valence-corrected chi connectivity index (χ1v) is 7.20. The van der Waals surface area contributed by atoms with Crippen LogP contribution in [0, 0.1) is 0 Å². The topological polar surface area (TPSA) is 63.4 Å². The molecule has 0 bridgehead atoms. The van der Waals surface area contributed by atoms with Crippen molar-refractivity contribution in [3.8, 4) is 0 Å². The molecule has 1 fully saturated rings. The molecule has 0 saturated heterocycles. The Bertz CT molecular complexity index is 274. The van der Waals surface area contributed by atoms with Crippen molar-refractivity contribution >= 4 is 11.8 Å². The molecule has 1 aliphatic rings. The smallest absolute Gasteiger partial charge is 0.229 e. The normalized spacial score (nSPS) is 23.7. The molecule has 0 aromatic heterocycles. The van der Waals surface area contributed by atoms with Gasteiger partial charge in [0, 0.05) is 24.9 Å². The summed E-state index contributed by atoms with van der Waals surface area (Å²) in [6, 6.07) is 0.168. The Kier molecular flexibility index (Phi) is 6.33. The lowest BCUT2D eigenvalue weighted by atomic mass is 9.90. The Morgan fingerprint density at radius 2 is 1.67 bits per heavy atom. The van der Waals surface area contributed by atoms with Gasteiger partial charge >= 0.3 is 0 Å². The summed E-state index contributed by atoms with van der Waals surface area (Å²) in [7, 11) is 0. The van der Waals surface area contributed by atoms with Crippen LogP contribution in [0.4, 0.5) is 0 Å². The van der Waals surface area contributed by atoms with Crippen LogP contribution in [0.15, 0.2) is 0 Å². The zero-order valence-electron chi connectivity index (χ0n) is 11.7. The molecule has 4 heteroatoms. The summed E-state index contributed by atoms with van der Waals surface area (Å²) in [5.74, 6) is -0.0369. The molecule has 4 nitrogen and oxygen atoms in total. The van der Waals surface area contributed by atoms with Gasteiger partial charge in [0.1, 0.15) is 0 Å². The van der Waals surface area contributed by atoms with E-state index in [0.29, 0.717) is 12.8 Å². The molecule has 0 aliphatic heterocycles. The summed E-state index contributed by atoms with van der Waals surface area (Å²) in [6.07, 6.45) is 6.20. The van der Waals surface area contributed by atoms with E-state index in [1.54, 1.807) is 0 Å². The molecule has 0 aromatic carbocycles. The molecule has 18 heavy (non-hydrogen) atoms. The van der Waals surface area contributed by atoms with Gasteiger partial charge in [-0.15, -0.1) is 0 Å². The van der Waals surface area contributed by atoms with Gasteiger partial charge < -0.3 is 5.73 Å². The average Bonchev–Trinajstić information content (AvgIpc) is 2.30. The van der Waals surface area contributed by atoms with Crippen LogP contribution in [0.3, 0.4) is 0 Å². The number of imide groups is 1. The molecule has 2 N–H and O–H groups in total. The molecular formula is C14H26N2O2. The van der Waals surface area contributed by atoms with Crippen molar-refractivity contribution < 1.29 is 9.59 Å². The summed E-state index contributed by atoms with van der Waals surface area (Å²) in [6.45, 7) is 3.93. The van der Waals surface area contributed by atoms with Crippen molar-refractivity contribution in [3.63, 3.8) is 0 Å². The summed E-state index contributed by atoms with van der Waals surface area (Å²) in [5, 5.41) is 0. The maximum Gasteiger partial charge on any atom is 0.229 e. The van der Waals surface area contributed by atoms with Gasteiger partial charge in [-0.3, -0.25) is 14.5 Å². The number of hydrogen-bond acceptors (Lipinski definition) is 3. The molecular weight excluding hydrogens is 228 g/mol. The van der Waals surface area contributed by atoms with Crippen LogP contribution < -0.4 is 5.73 Å². The number of hydrogen-bond donors (Lipinski definition) is 1. The molecule has 1 rings (SSSR count). The Morgan fingerprint density at radius 3 is 2.11 bits per heavy atom. The lowest BCUT2D eigenvalue weighted by molar-refractivity contribution is -0.148. The zero-order valence-corrected chi connectivity index (χ0v) is 11.7. The second kappa shape index (κ2) is 7.52. The van der Waals surface area contributed by atoms with Crippen molar-refractivity contribution in [2.75, 3.05) is 0 Å². The summed E-state index contributed by atoms with van der Waals surface area (Å²) in [4.78, 5) is 25.8. The number of carbonyl (C=O) groups excluding carboxylic acids is 2. The fourth-order valence-electron chi connectivity index (χ4n) is 2.65. The minimum Gasteiger partial charge on any atom is -0.328 e. The number of nitrogens with two attached hydrogens (primary N) is 1. The number of carbonyl (C=O) groups is 2. The van der Waals surface area contributed by atoms with E-state index in [-0.39, 0.29) is 23.9 Å². The highest BCUT2D eigenvalue weighted by Gasteiger charge is 2.31. The van der Waals surface area contributed by atoms with Gasteiger partial charge in [-0.2, -0.15) is 0 Å². The average molecular weight is 254 g/mol. The number of amides is 2. The fourth-order valence-corrected chi connectivity index (χ4v) is 2.65. The molecule has 0 radical (unpaired) electrons. The van der Waals surface area contributed by atoms with Crippen molar-refractivity contribution in [1.82, 2.24) is 4.90 Å². The predicted octanol–water partition coefficient (Wildman–Crippen LogP) is 2.21. The Labute approximate surface area is 110 Å². The van der Waals surface area contributed by atoms with Crippen molar-refractivity contribution in [2.45, 2.75) is 77.3 Å². The number of rotatable bonds is 5. The van der Waals surface area contributed by atoms with Gasteiger partial charge in [0.2, 0.25) is 11.8 Å². The first-order chi connectivity index (χ1) is 8.60. The SMILES string of the molecule is CCCC(=O)N(C(=O)CCC)C1CCCC(N)C1. The second-order valence-electron chi connectivity index (χ2n) is 5.24. The third kappa shape index (κ3) is 4.09. The second-order valence-corrected chi connectivity index (χ2v) is 5.24. The van der Waals surface area contributed by atoms with E-state index >= 15 is 0 Å². The third-order valence-corrected chi connectivity index (χ3v) is 3.52. The van der Waals surface area contributed by atoms with E-state index in [4.69, 9.17) is 5.73 Å². The van der Waals surface area contributed by atoms with Crippen LogP contribution in [-0.2, 0) is 9.59 Å². The molecule has 104 valence electrons. The van der Waals surface area contributed by atoms with E-state index in [1.165, 1.54) is 4.90 Å². The molecule has 0 heterocycles. The molecule has 2 amide bonds. The molecule has 0 aromatic rings. The van der Waals surface area contributed by atoms with Crippen molar-refractivity contribution in [2.24, 2.45) is 5.73 Å². The summed E-state index contributed by atoms with van der Waals surface area (Å²) >= 11 is 0. The van der Waals surface area contributed by atoms with Gasteiger partial charge in [0.25, 0.3) is 0 Å². The molecule has 1 aliphatic carbocycles. The van der Waals surface area contributed by atoms with E-state index < -0.39 is 0 Å². The van der Waals surface area contributed by atoms with Crippen LogP contribution in [0.25, 0.3) is 0 Å². The van der Waals surface area contributed by atoms with Crippen molar-refractivity contribution in [3.05, 3.63) is 0 Å². The minimum absolute atomic E-state index is 0.0185. The van der Waals surface area contributed by atoms with Crippen LogP contribution >= 0.6 is 0 Å². The van der Waals surface area contributed by atoms with Gasteiger partial charge in [0.05, 0.1) is 0 Å². The standard InChI is InChI=1S/C14H26N2O2/c1-3-6-13(17)16(14(18)7-4-2)12-9-5-8-11(15)10-12/h11-12H,3-10,15H2,1-2H3. The fraction of sp³-hybridized carbons (Fsp3) is 0.857. The van der Waals surface area contributed by atoms with E-state index in [1.807, 2.05) is 13.8 Å². The maximum absolute atomic E-state index is 12.1. The van der Waals surface area contributed by atoms with Gasteiger partial charge in [-0.05, 0) is 38.5 Å². The van der Waals surface area contributed by atoms with Gasteiger partial charge in [0.15, 0.2) is 0 Å². The lowest BCUT2D eigenvalue weighted by Gasteiger charge is -2.35. The Hall–Kier alpha value is -0.900. The van der Waals surface area contributed by atoms with E-state index in [9.17, 15) is 9.59 Å². The minimum atomic E-state index is -0.0185. The molecule has 0 spiro atoms. The van der Waals surface area contributed by atoms with Crippen molar-refractivity contribution in [1.29, 1.82) is 0 Å². The van der Waals surface area contributed by atoms with Gasteiger partial charge in [-0.1, -0.05) is 13.8 Å². The summed E-state index contributed by atoms with van der Waals surface area (Å²) in [5.41, 5.74) is 5.96. The first kappa shape index (κ1) is 15.2. The molecule has 1 saturated carbocycles. The highest BCUT2D eigenvalue weighted by Crippen LogP contribution is 2.23. The zero-order chi connectivity index (χ0) is 13.5. The highest BCUT2D eigenvalue weighted by atomic mass is 16.2. The third-order valence-electron chi connectivity index (χ3n) is 3.52. The van der Waals surface area contributed by atoms with Gasteiger partial charge in [-0.25, -0.2) is 0 Å². The maximum atomic E-state index is 12.1. The van der Waals surface area contributed by atoms with Crippen LogP contribution in [0.5, 0.6) is 0 Å². The highest BCUT2D eigenvalue weighted by molar-refractivity contribution is 5.95. The van der Waals surface area contributed by atoms with Crippen LogP contribution in [0.1, 0.15) is 65.2 Å².